The lowest BCUT2D eigenvalue weighted by Gasteiger charge is -2.00. The molecule has 0 heterocycles. The molecule has 2 rings (SSSR count). The molecule has 0 atom stereocenters. The van der Waals surface area contributed by atoms with Gasteiger partial charge in [-0.15, -0.1) is 0 Å². The van der Waals surface area contributed by atoms with Crippen LogP contribution in [0, 0.1) is 0 Å². The van der Waals surface area contributed by atoms with E-state index in [0.29, 0.717) is 14.5 Å². The fraction of sp³-hybridized carbons (Fsp3) is 0. The van der Waals surface area contributed by atoms with Crippen molar-refractivity contribution in [1.82, 2.24) is 0 Å². The summed E-state index contributed by atoms with van der Waals surface area (Å²) in [6, 6.07) is 10.2. The van der Waals surface area contributed by atoms with E-state index >= 15 is 0 Å². The summed E-state index contributed by atoms with van der Waals surface area (Å²) in [5.41, 5.74) is 0.147. The Morgan fingerprint density at radius 2 is 1.24 bits per heavy atom. The van der Waals surface area contributed by atoms with Crippen molar-refractivity contribution in [2.24, 2.45) is 0 Å². The van der Waals surface area contributed by atoms with E-state index < -0.39 is 30.3 Å². The molecule has 2 aromatic rings. The normalized spacial score (nSPS) is 10.7. The first-order valence-electron chi connectivity index (χ1n) is 6.66. The van der Waals surface area contributed by atoms with Gasteiger partial charge in [0.2, 0.25) is 0 Å². The number of benzene rings is 2. The summed E-state index contributed by atoms with van der Waals surface area (Å²) in [6.45, 7) is 0. The summed E-state index contributed by atoms with van der Waals surface area (Å²) < 4.78 is 47.8. The topological polar surface area (TPSA) is 163 Å². The number of halogens is 4. The Morgan fingerprint density at radius 1 is 0.828 bits per heavy atom. The predicted octanol–water partition coefficient (Wildman–Crippen LogP) is 4.50. The van der Waals surface area contributed by atoms with Gasteiger partial charge < -0.3 is 10.2 Å². The van der Waals surface area contributed by atoms with E-state index in [2.05, 4.69) is 42.5 Å². The number of rotatable bonds is 3. The standard InChI is InChI=1S/C7H4BrClO4S.C7H5BrO2.ClHO3S.H2/c8-6-2-1-4(14(9,12)13)3-5(6)7(10)11;8-6-4-2-1-3-5(6)7(9)10;1-5(2,3)4;/h1-3H,(H,10,11);1-4H,(H,9,10);(H,2,3,4);1H/i;;;1+1. The van der Waals surface area contributed by atoms with E-state index in [-0.39, 0.29) is 11.9 Å². The van der Waals surface area contributed by atoms with E-state index in [4.69, 9.17) is 33.9 Å². The highest BCUT2D eigenvalue weighted by molar-refractivity contribution is 9.10. The minimum atomic E-state index is -4.19. The van der Waals surface area contributed by atoms with Crippen LogP contribution in [-0.2, 0) is 18.4 Å². The number of carboxylic acid groups (broad SMARTS) is 2. The highest BCUT2D eigenvalue weighted by Crippen LogP contribution is 2.23. The van der Waals surface area contributed by atoms with Crippen LogP contribution in [0.5, 0.6) is 0 Å². The van der Waals surface area contributed by atoms with Gasteiger partial charge in [0.25, 0.3) is 9.05 Å². The van der Waals surface area contributed by atoms with Crippen molar-refractivity contribution in [3.8, 4) is 0 Å². The predicted molar refractivity (Wildman–Crippen MR) is 115 cm³/mol. The monoisotopic (exact) mass is 617 g/mol. The van der Waals surface area contributed by atoms with Gasteiger partial charge in [0, 0.05) is 31.7 Å². The van der Waals surface area contributed by atoms with Crippen LogP contribution in [0.2, 0.25) is 0 Å². The number of carbonyl (C=O) groups is 2. The lowest BCUT2D eigenvalue weighted by molar-refractivity contribution is 0.0685. The minimum Gasteiger partial charge on any atom is -0.478 e. The second-order valence-corrected chi connectivity index (χ2v) is 10.9. The Balaban J connectivity index is 0. The summed E-state index contributed by atoms with van der Waals surface area (Å²) in [5.74, 6) is -2.13. The Morgan fingerprint density at radius 3 is 1.59 bits per heavy atom. The van der Waals surface area contributed by atoms with Crippen molar-refractivity contribution in [2.45, 2.75) is 4.90 Å². The van der Waals surface area contributed by atoms with Gasteiger partial charge in [-0.05, 0) is 62.2 Å². The van der Waals surface area contributed by atoms with Crippen LogP contribution < -0.4 is 0 Å². The Bertz CT molecular complexity index is 1100. The lowest BCUT2D eigenvalue weighted by Crippen LogP contribution is -2.00. The highest BCUT2D eigenvalue weighted by atomic mass is 79.9. The second kappa shape index (κ2) is 11.8. The number of aromatic carboxylic acids is 2. The molecule has 3 N–H and O–H groups in total. The van der Waals surface area contributed by atoms with Gasteiger partial charge in [-0.2, -0.15) is 8.42 Å². The first kappa shape index (κ1) is 27.8. The summed E-state index contributed by atoms with van der Waals surface area (Å²) in [6.07, 6.45) is 0. The van der Waals surface area contributed by atoms with Crippen LogP contribution in [0.25, 0.3) is 0 Å². The van der Waals surface area contributed by atoms with Crippen molar-refractivity contribution in [3.63, 3.8) is 0 Å². The Hall–Kier alpha value is -1.22. The Labute approximate surface area is 192 Å². The van der Waals surface area contributed by atoms with Gasteiger partial charge in [-0.3, -0.25) is 4.55 Å². The highest BCUT2D eigenvalue weighted by Gasteiger charge is 2.15. The van der Waals surface area contributed by atoms with E-state index in [9.17, 15) is 18.0 Å². The molecule has 0 saturated heterocycles. The molecule has 0 radical (unpaired) electrons. The second-order valence-electron chi connectivity index (χ2n) is 4.58. The zero-order valence-corrected chi connectivity index (χ0v) is 20.0. The molecule has 0 spiro atoms. The van der Waals surface area contributed by atoms with Gasteiger partial charge in [-0.1, -0.05) is 12.1 Å². The molecule has 0 amide bonds. The van der Waals surface area contributed by atoms with Crippen molar-refractivity contribution in [1.29, 1.82) is 0 Å². The van der Waals surface area contributed by atoms with Gasteiger partial charge >= 0.3 is 21.3 Å². The zero-order valence-electron chi connectivity index (χ0n) is 13.7. The molecule has 0 aliphatic heterocycles. The summed E-state index contributed by atoms with van der Waals surface area (Å²) in [4.78, 5) is 20.8. The summed E-state index contributed by atoms with van der Waals surface area (Å²) >= 11 is 6.10. The fourth-order valence-corrected chi connectivity index (χ4v) is 3.10. The van der Waals surface area contributed by atoms with Gasteiger partial charge in [-0.25, -0.2) is 18.0 Å². The van der Waals surface area contributed by atoms with Gasteiger partial charge in [0.05, 0.1) is 16.0 Å². The Kier molecular flexibility index (Phi) is 11.3. The largest absolute Gasteiger partial charge is 0.478 e. The van der Waals surface area contributed by atoms with Crippen LogP contribution in [-0.4, -0.2) is 43.5 Å². The average Bonchev–Trinajstić information content (AvgIpc) is 2.53. The third-order valence-corrected chi connectivity index (χ3v) is 5.29. The molecule has 0 aliphatic carbocycles. The van der Waals surface area contributed by atoms with E-state index in [1.54, 1.807) is 24.3 Å². The smallest absolute Gasteiger partial charge is 0.353 e. The molecule has 0 fully saturated rings. The van der Waals surface area contributed by atoms with Crippen LogP contribution >= 0.6 is 53.2 Å². The molecular weight excluding hydrogens is 607 g/mol. The maximum atomic E-state index is 10.9. The lowest BCUT2D eigenvalue weighted by atomic mass is 10.2. The number of hydrogen-bond donors (Lipinski definition) is 3. The van der Waals surface area contributed by atoms with Crippen molar-refractivity contribution in [2.75, 3.05) is 0 Å². The van der Waals surface area contributed by atoms with Crippen LogP contribution in [0.3, 0.4) is 0 Å². The first-order valence-corrected chi connectivity index (χ1v) is 12.8. The quantitative estimate of drug-likeness (QED) is 0.332. The molecule has 9 nitrogen and oxygen atoms in total. The molecule has 0 saturated carbocycles. The first-order chi connectivity index (χ1) is 13.0. The van der Waals surface area contributed by atoms with Gasteiger partial charge in [0.1, 0.15) is 0 Å². The average molecular weight is 620 g/mol. The zero-order chi connectivity index (χ0) is 23.0. The van der Waals surface area contributed by atoms with Crippen molar-refractivity contribution >= 4 is 83.5 Å². The molecule has 0 unspecified atom stereocenters. The fourth-order valence-electron chi connectivity index (χ4n) is 1.45. The van der Waals surface area contributed by atoms with E-state index in [0.717, 1.165) is 6.07 Å². The molecule has 0 aromatic heterocycles. The van der Waals surface area contributed by atoms with Crippen LogP contribution in [0.4, 0.5) is 0 Å². The molecule has 0 bridgehead atoms. The third kappa shape index (κ3) is 12.2. The number of carboxylic acids is 2. The molecule has 2 aromatic carbocycles. The van der Waals surface area contributed by atoms with Gasteiger partial charge in [0.15, 0.2) is 0 Å². The third-order valence-electron chi connectivity index (χ3n) is 2.55. The molecular formula is C14H12Br2Cl2O9S2. The maximum absolute atomic E-state index is 10.9. The van der Waals surface area contributed by atoms with E-state index in [1.807, 2.05) is 0 Å². The minimum absolute atomic E-state index is 0. The SMILES string of the molecule is O=C(O)c1cc(S(=O)(=O)Cl)ccc1Br.O=C(O)c1ccccc1Br.O=S(=O)(O)Cl.[2HH]. The van der Waals surface area contributed by atoms with Crippen molar-refractivity contribution in [3.05, 3.63) is 62.5 Å². The van der Waals surface area contributed by atoms with Crippen LogP contribution in [0.1, 0.15) is 22.1 Å². The van der Waals surface area contributed by atoms with Crippen molar-refractivity contribution < 1.29 is 42.6 Å². The van der Waals surface area contributed by atoms with Crippen LogP contribution in [0.15, 0.2) is 56.3 Å². The summed E-state index contributed by atoms with van der Waals surface area (Å²) in [5, 5.41) is 17.2. The molecule has 15 heteroatoms. The maximum Gasteiger partial charge on any atom is 0.353 e. The molecule has 0 aliphatic rings. The molecule has 162 valence electrons. The number of hydrogen-bond acceptors (Lipinski definition) is 6. The van der Waals surface area contributed by atoms with E-state index in [1.165, 1.54) is 12.1 Å². The summed E-state index contributed by atoms with van der Waals surface area (Å²) in [7, 11) is 1.03. The molecule has 29 heavy (non-hydrogen) atoms.